The second kappa shape index (κ2) is 5.34. The maximum Gasteiger partial charge on any atom is 0.250 e. The van der Waals surface area contributed by atoms with E-state index in [2.05, 4.69) is 16.9 Å². The van der Waals surface area contributed by atoms with E-state index in [0.29, 0.717) is 0 Å². The highest BCUT2D eigenvalue weighted by atomic mass is 19.1. The number of nitrogens with zero attached hydrogens (tertiary/aromatic N) is 1. The van der Waals surface area contributed by atoms with E-state index < -0.39 is 5.91 Å². The molecule has 1 aliphatic heterocycles. The van der Waals surface area contributed by atoms with Gasteiger partial charge in [-0.3, -0.25) is 4.79 Å². The van der Waals surface area contributed by atoms with E-state index in [1.165, 1.54) is 11.6 Å². The van der Waals surface area contributed by atoms with Crippen LogP contribution in [0.4, 0.5) is 4.39 Å². The first-order chi connectivity index (χ1) is 11.1. The Balaban J connectivity index is 1.98. The van der Waals surface area contributed by atoms with Crippen LogP contribution in [0.2, 0.25) is 0 Å². The minimum absolute atomic E-state index is 0.179. The van der Waals surface area contributed by atoms with Crippen molar-refractivity contribution in [3.63, 3.8) is 0 Å². The zero-order chi connectivity index (χ0) is 16.1. The van der Waals surface area contributed by atoms with E-state index in [0.717, 1.165) is 67.4 Å². The zero-order valence-corrected chi connectivity index (χ0v) is 13.4. The average molecular weight is 315 g/mol. The van der Waals surface area contributed by atoms with Gasteiger partial charge in [0.15, 0.2) is 0 Å². The summed E-state index contributed by atoms with van der Waals surface area (Å²) in [4.78, 5) is 17.4. The summed E-state index contributed by atoms with van der Waals surface area (Å²) >= 11 is 0. The maximum absolute atomic E-state index is 15.0. The number of carbonyl (C=O) groups excluding carboxylic acids is 1. The second-order valence-electron chi connectivity index (χ2n) is 6.97. The van der Waals surface area contributed by atoms with Gasteiger partial charge < -0.3 is 15.6 Å². The molecule has 2 aliphatic rings. The zero-order valence-electron chi connectivity index (χ0n) is 13.4. The third-order valence-electron chi connectivity index (χ3n) is 5.41. The summed E-state index contributed by atoms with van der Waals surface area (Å²) in [6, 6.07) is 1.33. The molecule has 5 heteroatoms. The van der Waals surface area contributed by atoms with E-state index >= 15 is 0 Å². The molecule has 0 spiro atoms. The molecule has 1 amide bonds. The monoisotopic (exact) mass is 315 g/mol. The average Bonchev–Trinajstić information content (AvgIpc) is 3.07. The Kier molecular flexibility index (Phi) is 3.41. The number of aromatic amines is 1. The van der Waals surface area contributed by atoms with Gasteiger partial charge in [-0.15, -0.1) is 0 Å². The Morgan fingerprint density at radius 3 is 2.96 bits per heavy atom. The molecule has 1 aromatic heterocycles. The fourth-order valence-electron chi connectivity index (χ4n) is 4.41. The standard InChI is InChI=1S/C18H22FN3O/c1-22-7-3-4-10(9-22)15-13(19)8-12(18(20)23)17-16(15)11-5-2-6-14(11)21-17/h8,10,21H,2-7,9H2,1H3,(H2,20,23). The van der Waals surface area contributed by atoms with Gasteiger partial charge in [-0.05, 0) is 57.3 Å². The quantitative estimate of drug-likeness (QED) is 0.895. The lowest BCUT2D eigenvalue weighted by Gasteiger charge is -2.31. The van der Waals surface area contributed by atoms with Crippen LogP contribution in [0.15, 0.2) is 6.07 Å². The molecule has 23 heavy (non-hydrogen) atoms. The molecular formula is C18H22FN3O. The minimum Gasteiger partial charge on any atom is -0.366 e. The van der Waals surface area contributed by atoms with Crippen molar-refractivity contribution < 1.29 is 9.18 Å². The topological polar surface area (TPSA) is 62.1 Å². The van der Waals surface area contributed by atoms with Crippen molar-refractivity contribution in [2.45, 2.75) is 38.0 Å². The molecule has 2 aromatic rings. The molecule has 1 atom stereocenters. The van der Waals surface area contributed by atoms with Crippen LogP contribution < -0.4 is 5.73 Å². The highest BCUT2D eigenvalue weighted by Crippen LogP contribution is 2.40. The number of carbonyl (C=O) groups is 1. The number of nitrogens with two attached hydrogens (primary N) is 1. The second-order valence-corrected chi connectivity index (χ2v) is 6.97. The van der Waals surface area contributed by atoms with Crippen molar-refractivity contribution in [2.24, 2.45) is 5.73 Å². The Morgan fingerprint density at radius 1 is 1.39 bits per heavy atom. The van der Waals surface area contributed by atoms with Crippen molar-refractivity contribution >= 4 is 16.8 Å². The molecule has 1 unspecified atom stereocenters. The van der Waals surface area contributed by atoms with Gasteiger partial charge in [0, 0.05) is 29.1 Å². The van der Waals surface area contributed by atoms with Gasteiger partial charge in [-0.2, -0.15) is 0 Å². The van der Waals surface area contributed by atoms with Gasteiger partial charge in [-0.25, -0.2) is 4.39 Å². The molecule has 4 nitrogen and oxygen atoms in total. The van der Waals surface area contributed by atoms with Crippen LogP contribution in [-0.4, -0.2) is 35.9 Å². The molecular weight excluding hydrogens is 293 g/mol. The summed E-state index contributed by atoms with van der Waals surface area (Å²) in [7, 11) is 2.08. The van der Waals surface area contributed by atoms with Crippen LogP contribution in [0.1, 0.15) is 52.4 Å². The van der Waals surface area contributed by atoms with Gasteiger partial charge in [-0.1, -0.05) is 0 Å². The molecule has 3 N–H and O–H groups in total. The summed E-state index contributed by atoms with van der Waals surface area (Å²) in [5, 5.41) is 0.937. The van der Waals surface area contributed by atoms with E-state index in [9.17, 15) is 9.18 Å². The largest absolute Gasteiger partial charge is 0.366 e. The molecule has 1 saturated heterocycles. The molecule has 1 aromatic carbocycles. The molecule has 122 valence electrons. The Bertz CT molecular complexity index is 795. The number of likely N-dealkylation sites (N-methyl/N-ethyl adjacent to an activating group) is 1. The first-order valence-electron chi connectivity index (χ1n) is 8.40. The number of H-pyrrole nitrogens is 1. The maximum atomic E-state index is 15.0. The highest BCUT2D eigenvalue weighted by molar-refractivity contribution is 6.07. The van der Waals surface area contributed by atoms with Crippen LogP contribution in [-0.2, 0) is 12.8 Å². The minimum atomic E-state index is -0.568. The predicted octanol–water partition coefficient (Wildman–Crippen LogP) is 2.70. The molecule has 2 heterocycles. The van der Waals surface area contributed by atoms with Crippen molar-refractivity contribution in [1.82, 2.24) is 9.88 Å². The summed E-state index contributed by atoms with van der Waals surface area (Å²) in [5.74, 6) is -0.667. The predicted molar refractivity (Wildman–Crippen MR) is 88.3 cm³/mol. The van der Waals surface area contributed by atoms with E-state index in [1.807, 2.05) is 0 Å². The fourth-order valence-corrected chi connectivity index (χ4v) is 4.41. The fraction of sp³-hybridized carbons (Fsp3) is 0.500. The molecule has 0 saturated carbocycles. The van der Waals surface area contributed by atoms with Crippen LogP contribution >= 0.6 is 0 Å². The number of aromatic nitrogens is 1. The van der Waals surface area contributed by atoms with Crippen molar-refractivity contribution in [3.05, 3.63) is 34.3 Å². The number of rotatable bonds is 2. The van der Waals surface area contributed by atoms with Gasteiger partial charge in [0.1, 0.15) is 5.82 Å². The van der Waals surface area contributed by atoms with Crippen LogP contribution in [0.3, 0.4) is 0 Å². The smallest absolute Gasteiger partial charge is 0.250 e. The van der Waals surface area contributed by atoms with E-state index in [4.69, 9.17) is 5.73 Å². The SMILES string of the molecule is CN1CCCC(c2c(F)cc(C(N)=O)c3[nH]c4c(c23)CCC4)C1. The highest BCUT2D eigenvalue weighted by Gasteiger charge is 2.30. The number of aryl methyl sites for hydroxylation is 2. The summed E-state index contributed by atoms with van der Waals surface area (Å²) < 4.78 is 15.0. The van der Waals surface area contributed by atoms with Crippen molar-refractivity contribution in [3.8, 4) is 0 Å². The van der Waals surface area contributed by atoms with Crippen molar-refractivity contribution in [1.29, 1.82) is 0 Å². The third kappa shape index (κ3) is 2.26. The lowest BCUT2D eigenvalue weighted by atomic mass is 9.86. The van der Waals surface area contributed by atoms with Crippen LogP contribution in [0, 0.1) is 5.82 Å². The summed E-state index contributed by atoms with van der Waals surface area (Å²) in [6.45, 7) is 1.92. The van der Waals surface area contributed by atoms with Gasteiger partial charge in [0.05, 0.1) is 11.1 Å². The van der Waals surface area contributed by atoms with Crippen molar-refractivity contribution in [2.75, 3.05) is 20.1 Å². The van der Waals surface area contributed by atoms with Gasteiger partial charge in [0.2, 0.25) is 0 Å². The summed E-state index contributed by atoms with van der Waals surface area (Å²) in [5.41, 5.74) is 9.64. The number of fused-ring (bicyclic) bond motifs is 3. The van der Waals surface area contributed by atoms with E-state index in [1.54, 1.807) is 0 Å². The third-order valence-corrected chi connectivity index (χ3v) is 5.41. The first kappa shape index (κ1) is 14.7. The molecule has 0 bridgehead atoms. The number of likely N-dealkylation sites (tertiary alicyclic amines) is 1. The molecule has 4 rings (SSSR count). The normalized spacial score (nSPS) is 21.7. The number of benzene rings is 1. The molecule has 0 radical (unpaired) electrons. The molecule has 1 fully saturated rings. The van der Waals surface area contributed by atoms with Gasteiger partial charge in [0.25, 0.3) is 5.91 Å². The Hall–Kier alpha value is -1.88. The number of piperidine rings is 1. The number of hydrogen-bond donors (Lipinski definition) is 2. The van der Waals surface area contributed by atoms with Crippen LogP contribution in [0.5, 0.6) is 0 Å². The number of amides is 1. The summed E-state index contributed by atoms with van der Waals surface area (Å²) in [6.07, 6.45) is 5.07. The van der Waals surface area contributed by atoms with Gasteiger partial charge >= 0.3 is 0 Å². The van der Waals surface area contributed by atoms with Crippen LogP contribution in [0.25, 0.3) is 10.9 Å². The Morgan fingerprint density at radius 2 is 2.22 bits per heavy atom. The number of nitrogens with one attached hydrogen (secondary N) is 1. The van der Waals surface area contributed by atoms with E-state index in [-0.39, 0.29) is 17.3 Å². The number of primary amides is 1. The lowest BCUT2D eigenvalue weighted by molar-refractivity contribution is 0.100. The first-order valence-corrected chi connectivity index (χ1v) is 8.40. The Labute approximate surface area is 134 Å². The number of halogens is 1. The molecule has 1 aliphatic carbocycles. The lowest BCUT2D eigenvalue weighted by Crippen LogP contribution is -2.31. The number of hydrogen-bond acceptors (Lipinski definition) is 2.